The summed E-state index contributed by atoms with van der Waals surface area (Å²) in [5, 5.41) is 26.8. The van der Waals surface area contributed by atoms with E-state index in [2.05, 4.69) is 20.1 Å². The number of carbonyl (C=O) groups excluding carboxylic acids is 1. The van der Waals surface area contributed by atoms with E-state index in [0.29, 0.717) is 0 Å². The number of phenolic OH excluding ortho intramolecular Hbond substituents is 2. The number of sulfonamides is 2. The van der Waals surface area contributed by atoms with Gasteiger partial charge in [0.05, 0.1) is 21.2 Å². The molecule has 8 N–H and O–H groups in total. The second-order valence-corrected chi connectivity index (χ2v) is 17.6. The number of hydrogen-bond acceptors (Lipinski definition) is 11. The van der Waals surface area contributed by atoms with Crippen LogP contribution in [0.15, 0.2) is 129 Å². The van der Waals surface area contributed by atoms with E-state index in [1.807, 2.05) is 0 Å². The Balaban J connectivity index is 1.15. The number of amides is 2. The third kappa shape index (κ3) is 7.71. The molecule has 21 heteroatoms. The zero-order valence-corrected chi connectivity index (χ0v) is 30.3. The lowest BCUT2D eigenvalue weighted by Gasteiger charge is -2.15. The summed E-state index contributed by atoms with van der Waals surface area (Å²) in [7, 11) is -18.8. The number of fused-ring (bicyclic) bond motifs is 2. The van der Waals surface area contributed by atoms with Crippen LogP contribution in [0.1, 0.15) is 0 Å². The van der Waals surface area contributed by atoms with Gasteiger partial charge in [0.1, 0.15) is 9.79 Å². The zero-order chi connectivity index (χ0) is 39.2. The first-order valence-corrected chi connectivity index (χ1v) is 20.9. The first kappa shape index (κ1) is 37.8. The van der Waals surface area contributed by atoms with Gasteiger partial charge in [-0.2, -0.15) is 16.8 Å². The van der Waals surface area contributed by atoms with Crippen molar-refractivity contribution in [3.8, 4) is 11.5 Å². The fourth-order valence-corrected chi connectivity index (χ4v) is 8.76. The molecule has 0 saturated carbocycles. The molecule has 0 spiro atoms. The van der Waals surface area contributed by atoms with Crippen molar-refractivity contribution in [2.45, 2.75) is 19.6 Å². The van der Waals surface area contributed by atoms with Gasteiger partial charge in [0, 0.05) is 22.1 Å². The minimum Gasteiger partial charge on any atom is -0.504 e. The van der Waals surface area contributed by atoms with Crippen molar-refractivity contribution in [3.63, 3.8) is 0 Å². The Morgan fingerprint density at radius 1 is 0.481 bits per heavy atom. The average Bonchev–Trinajstić information content (AvgIpc) is 3.10. The molecule has 0 fully saturated rings. The summed E-state index contributed by atoms with van der Waals surface area (Å²) in [5.41, 5.74) is -0.740. The summed E-state index contributed by atoms with van der Waals surface area (Å²) in [6.07, 6.45) is 0. The van der Waals surface area contributed by atoms with Crippen LogP contribution in [-0.2, 0) is 40.3 Å². The number of rotatable bonds is 10. The monoisotopic (exact) mass is 814 g/mol. The van der Waals surface area contributed by atoms with Crippen LogP contribution in [0.5, 0.6) is 11.5 Å². The van der Waals surface area contributed by atoms with E-state index in [1.54, 1.807) is 12.1 Å². The Labute approximate surface area is 307 Å². The molecule has 0 atom stereocenters. The van der Waals surface area contributed by atoms with Crippen molar-refractivity contribution in [3.05, 3.63) is 109 Å². The van der Waals surface area contributed by atoms with E-state index in [9.17, 15) is 57.8 Å². The second kappa shape index (κ2) is 13.8. The van der Waals surface area contributed by atoms with E-state index >= 15 is 0 Å². The maximum Gasteiger partial charge on any atom is 0.323 e. The number of hydrogen-bond donors (Lipinski definition) is 8. The summed E-state index contributed by atoms with van der Waals surface area (Å²) in [4.78, 5) is 10.2. The van der Waals surface area contributed by atoms with Crippen molar-refractivity contribution in [2.24, 2.45) is 0 Å². The van der Waals surface area contributed by atoms with Crippen LogP contribution in [0.3, 0.4) is 0 Å². The molecular formula is C33H26N4O13S4. The van der Waals surface area contributed by atoms with E-state index in [4.69, 9.17) is 0 Å². The lowest BCUT2D eigenvalue weighted by molar-refractivity contribution is 0.262. The average molecular weight is 815 g/mol. The van der Waals surface area contributed by atoms with E-state index in [0.717, 1.165) is 36.4 Å². The maximum absolute atomic E-state index is 13.2. The van der Waals surface area contributed by atoms with Gasteiger partial charge in [-0.25, -0.2) is 21.6 Å². The normalized spacial score (nSPS) is 12.3. The maximum atomic E-state index is 13.2. The van der Waals surface area contributed by atoms with Gasteiger partial charge in [0.15, 0.2) is 11.5 Å². The minimum absolute atomic E-state index is 0.121. The Hall–Kier alpha value is -5.97. The molecule has 0 bridgehead atoms. The first-order valence-electron chi connectivity index (χ1n) is 15.0. The highest BCUT2D eigenvalue weighted by atomic mass is 32.2. The number of urea groups is 1. The molecule has 0 unspecified atom stereocenters. The summed E-state index contributed by atoms with van der Waals surface area (Å²) in [5.74, 6) is -2.04. The lowest BCUT2D eigenvalue weighted by Crippen LogP contribution is -2.20. The second-order valence-electron chi connectivity index (χ2n) is 11.4. The van der Waals surface area contributed by atoms with Crippen LogP contribution in [-0.4, -0.2) is 59.0 Å². The van der Waals surface area contributed by atoms with E-state index in [-0.39, 0.29) is 42.7 Å². The minimum atomic E-state index is -4.93. The zero-order valence-electron chi connectivity index (χ0n) is 27.0. The largest absolute Gasteiger partial charge is 0.504 e. The van der Waals surface area contributed by atoms with Crippen LogP contribution in [0, 0.1) is 0 Å². The van der Waals surface area contributed by atoms with Crippen molar-refractivity contribution in [1.82, 2.24) is 0 Å². The Bertz CT molecular complexity index is 2740. The fourth-order valence-electron chi connectivity index (χ4n) is 5.34. The Kier molecular flexibility index (Phi) is 9.64. The highest BCUT2D eigenvalue weighted by molar-refractivity contribution is 7.93. The smallest absolute Gasteiger partial charge is 0.323 e. The summed E-state index contributed by atoms with van der Waals surface area (Å²) < 4.78 is 124. The Morgan fingerprint density at radius 2 is 0.815 bits per heavy atom. The standard InChI is InChI=1S/C33H26N4O13S4/c38-31-27(53(45,46)47)17-19-5-1-3-7-25(19)29(31)36-51(41,42)23-13-9-21(10-14-23)34-33(40)35-22-11-15-24(16-12-22)52(43,44)37-30-26-8-4-2-6-20(26)18-28(32(30)39)54(48,49)50/h1-18,36-39H,(H2,34,35,40)(H,45,46,47)(H,48,49,50). The lowest BCUT2D eigenvalue weighted by atomic mass is 10.1. The molecule has 280 valence electrons. The molecule has 0 aliphatic heterocycles. The number of benzene rings is 6. The van der Waals surface area contributed by atoms with Crippen molar-refractivity contribution >= 4 is 90.6 Å². The molecule has 0 saturated heterocycles. The van der Waals surface area contributed by atoms with Crippen LogP contribution in [0.4, 0.5) is 27.5 Å². The molecule has 6 aromatic carbocycles. The molecule has 2 amide bonds. The highest BCUT2D eigenvalue weighted by Gasteiger charge is 2.27. The van der Waals surface area contributed by atoms with Gasteiger partial charge in [-0.15, -0.1) is 0 Å². The predicted octanol–water partition coefficient (Wildman–Crippen LogP) is 5.14. The Morgan fingerprint density at radius 3 is 1.15 bits per heavy atom. The molecule has 6 aromatic rings. The van der Waals surface area contributed by atoms with Crippen molar-refractivity contribution in [1.29, 1.82) is 0 Å². The SMILES string of the molecule is O=C(Nc1ccc(S(=O)(=O)Nc2c(O)c(S(=O)(=O)O)cc3ccccc23)cc1)Nc1ccc(S(=O)(=O)Nc2c(O)c(S(=O)(=O)O)cc3ccccc23)cc1. The van der Waals surface area contributed by atoms with E-state index < -0.39 is 79.0 Å². The third-order valence-corrected chi connectivity index (χ3v) is 12.3. The van der Waals surface area contributed by atoms with Gasteiger partial charge in [0.25, 0.3) is 40.3 Å². The molecule has 17 nitrogen and oxygen atoms in total. The highest BCUT2D eigenvalue weighted by Crippen LogP contribution is 2.41. The van der Waals surface area contributed by atoms with Gasteiger partial charge >= 0.3 is 6.03 Å². The number of carbonyl (C=O) groups is 1. The number of nitrogens with one attached hydrogen (secondary N) is 4. The van der Waals surface area contributed by atoms with Crippen molar-refractivity contribution in [2.75, 3.05) is 20.1 Å². The predicted molar refractivity (Wildman–Crippen MR) is 198 cm³/mol. The fraction of sp³-hybridized carbons (Fsp3) is 0. The molecule has 0 aromatic heterocycles. The summed E-state index contributed by atoms with van der Waals surface area (Å²) in [6, 6.07) is 22.5. The molecule has 6 rings (SSSR count). The summed E-state index contributed by atoms with van der Waals surface area (Å²) in [6.45, 7) is 0. The van der Waals surface area contributed by atoms with Crippen LogP contribution >= 0.6 is 0 Å². The van der Waals surface area contributed by atoms with Crippen molar-refractivity contribution < 1.29 is 57.8 Å². The topological polar surface area (TPSA) is 283 Å². The van der Waals surface area contributed by atoms with Gasteiger partial charge in [-0.1, -0.05) is 48.5 Å². The van der Waals surface area contributed by atoms with Gasteiger partial charge in [0.2, 0.25) is 0 Å². The molecule has 0 aliphatic carbocycles. The number of phenols is 2. The van der Waals surface area contributed by atoms with Gasteiger partial charge in [-0.05, 0) is 71.4 Å². The van der Waals surface area contributed by atoms with Crippen LogP contribution in [0.2, 0.25) is 0 Å². The van der Waals surface area contributed by atoms with Crippen LogP contribution < -0.4 is 20.1 Å². The summed E-state index contributed by atoms with van der Waals surface area (Å²) >= 11 is 0. The van der Waals surface area contributed by atoms with Gasteiger partial charge in [-0.3, -0.25) is 18.5 Å². The first-order chi connectivity index (χ1) is 25.2. The molecular weight excluding hydrogens is 789 g/mol. The van der Waals surface area contributed by atoms with E-state index in [1.165, 1.54) is 60.7 Å². The van der Waals surface area contributed by atoms with Crippen LogP contribution in [0.25, 0.3) is 21.5 Å². The molecule has 0 heterocycles. The number of anilines is 4. The molecule has 0 aliphatic rings. The quantitative estimate of drug-likeness (QED) is 0.0657. The molecule has 54 heavy (non-hydrogen) atoms. The van der Waals surface area contributed by atoms with Gasteiger partial charge < -0.3 is 20.8 Å². The third-order valence-electron chi connectivity index (χ3n) is 7.85. The molecule has 0 radical (unpaired) electrons. The number of aromatic hydroxyl groups is 2.